The molecule has 1 aromatic carbocycles. The van der Waals surface area contributed by atoms with E-state index in [1.54, 1.807) is 23.5 Å². The third-order valence-corrected chi connectivity index (χ3v) is 3.83. The molecule has 0 aliphatic carbocycles. The van der Waals surface area contributed by atoms with E-state index in [9.17, 15) is 4.39 Å². The van der Waals surface area contributed by atoms with Crippen molar-refractivity contribution in [1.29, 1.82) is 5.26 Å². The number of hydrogen-bond acceptors (Lipinski definition) is 3. The molecule has 1 heterocycles. The van der Waals surface area contributed by atoms with Crippen LogP contribution in [0.1, 0.15) is 22.9 Å². The van der Waals surface area contributed by atoms with Gasteiger partial charge in [0.05, 0.1) is 5.56 Å². The van der Waals surface area contributed by atoms with Crippen LogP contribution in [0.25, 0.3) is 0 Å². The molecule has 0 saturated carbocycles. The van der Waals surface area contributed by atoms with Crippen LogP contribution in [0, 0.1) is 17.1 Å². The monoisotopic (exact) mass is 274 g/mol. The van der Waals surface area contributed by atoms with Gasteiger partial charge in [-0.2, -0.15) is 5.26 Å². The summed E-state index contributed by atoms with van der Waals surface area (Å²) in [4.78, 5) is 1.31. The summed E-state index contributed by atoms with van der Waals surface area (Å²) < 4.78 is 13.8. The average molecular weight is 274 g/mol. The maximum absolute atomic E-state index is 13.8. The normalized spacial score (nSPS) is 12.1. The molecule has 0 spiro atoms. The Labute approximate surface area is 116 Å². The lowest BCUT2D eigenvalue weighted by molar-refractivity contribution is 0.527. The quantitative estimate of drug-likeness (QED) is 0.906. The van der Waals surface area contributed by atoms with E-state index < -0.39 is 5.82 Å². The number of rotatable bonds is 5. The van der Waals surface area contributed by atoms with Crippen molar-refractivity contribution in [3.8, 4) is 6.07 Å². The Hall–Kier alpha value is -1.70. The minimum Gasteiger partial charge on any atom is -0.310 e. The Kier molecular flexibility index (Phi) is 4.67. The molecule has 2 nitrogen and oxygen atoms in total. The predicted octanol–water partition coefficient (Wildman–Crippen LogP) is 3.48. The highest BCUT2D eigenvalue weighted by atomic mass is 32.1. The lowest BCUT2D eigenvalue weighted by atomic mass is 10.1. The summed E-state index contributed by atoms with van der Waals surface area (Å²) in [6.45, 7) is 2.51. The third kappa shape index (κ3) is 3.63. The van der Waals surface area contributed by atoms with Crippen LogP contribution in [0.3, 0.4) is 0 Å². The zero-order valence-electron chi connectivity index (χ0n) is 10.7. The third-order valence-electron chi connectivity index (χ3n) is 2.93. The highest BCUT2D eigenvalue weighted by Gasteiger charge is 2.09. The van der Waals surface area contributed by atoms with Crippen molar-refractivity contribution in [2.75, 3.05) is 0 Å². The Morgan fingerprint density at radius 2 is 2.21 bits per heavy atom. The average Bonchev–Trinajstić information content (AvgIpc) is 2.90. The summed E-state index contributed by atoms with van der Waals surface area (Å²) >= 11 is 1.73. The van der Waals surface area contributed by atoms with Crippen molar-refractivity contribution < 1.29 is 4.39 Å². The molecule has 98 valence electrons. The Balaban J connectivity index is 1.94. The number of nitriles is 1. The fourth-order valence-corrected chi connectivity index (χ4v) is 2.72. The number of thiophene rings is 1. The van der Waals surface area contributed by atoms with Crippen molar-refractivity contribution >= 4 is 11.3 Å². The lowest BCUT2D eigenvalue weighted by Crippen LogP contribution is -2.27. The number of hydrogen-bond donors (Lipinski definition) is 1. The smallest absolute Gasteiger partial charge is 0.145 e. The fraction of sp³-hybridized carbons (Fsp3) is 0.267. The van der Waals surface area contributed by atoms with Crippen LogP contribution in [0.15, 0.2) is 35.7 Å². The summed E-state index contributed by atoms with van der Waals surface area (Å²) in [5.74, 6) is -0.416. The molecule has 4 heteroatoms. The maximum atomic E-state index is 13.8. The molecule has 19 heavy (non-hydrogen) atoms. The van der Waals surface area contributed by atoms with Crippen LogP contribution < -0.4 is 5.32 Å². The minimum absolute atomic E-state index is 0.102. The molecule has 1 N–H and O–H groups in total. The first kappa shape index (κ1) is 13.7. The molecule has 0 aliphatic heterocycles. The van der Waals surface area contributed by atoms with Gasteiger partial charge in [0, 0.05) is 23.0 Å². The highest BCUT2D eigenvalue weighted by Crippen LogP contribution is 2.14. The Morgan fingerprint density at radius 3 is 2.89 bits per heavy atom. The van der Waals surface area contributed by atoms with Gasteiger partial charge in [-0.25, -0.2) is 4.39 Å². The van der Waals surface area contributed by atoms with Crippen molar-refractivity contribution in [3.63, 3.8) is 0 Å². The van der Waals surface area contributed by atoms with Crippen LogP contribution in [-0.2, 0) is 13.0 Å². The first-order chi connectivity index (χ1) is 9.20. The largest absolute Gasteiger partial charge is 0.310 e. The summed E-state index contributed by atoms with van der Waals surface area (Å²) in [7, 11) is 0. The van der Waals surface area contributed by atoms with Crippen LogP contribution in [0.5, 0.6) is 0 Å². The second-order valence-electron chi connectivity index (χ2n) is 4.46. The van der Waals surface area contributed by atoms with E-state index in [0.29, 0.717) is 12.1 Å². The number of halogens is 1. The first-order valence-electron chi connectivity index (χ1n) is 6.14. The number of benzene rings is 1. The molecule has 0 radical (unpaired) electrons. The SMILES string of the molecule is CC(Cc1cccs1)NCc1cccc(C#N)c1F. The van der Waals surface area contributed by atoms with E-state index in [1.165, 1.54) is 10.9 Å². The number of nitrogens with one attached hydrogen (secondary N) is 1. The first-order valence-corrected chi connectivity index (χ1v) is 7.02. The Morgan fingerprint density at radius 1 is 1.37 bits per heavy atom. The van der Waals surface area contributed by atoms with Crippen molar-refractivity contribution in [2.24, 2.45) is 0 Å². The fourth-order valence-electron chi connectivity index (χ4n) is 1.89. The van der Waals surface area contributed by atoms with Gasteiger partial charge >= 0.3 is 0 Å². The van der Waals surface area contributed by atoms with E-state index in [0.717, 1.165) is 6.42 Å². The Bertz CT molecular complexity index is 572. The molecule has 0 aliphatic rings. The lowest BCUT2D eigenvalue weighted by Gasteiger charge is -2.13. The van der Waals surface area contributed by atoms with Gasteiger partial charge < -0.3 is 5.32 Å². The van der Waals surface area contributed by atoms with Gasteiger partial charge in [0.25, 0.3) is 0 Å². The van der Waals surface area contributed by atoms with E-state index in [-0.39, 0.29) is 11.6 Å². The molecular weight excluding hydrogens is 259 g/mol. The molecule has 1 unspecified atom stereocenters. The molecule has 0 saturated heterocycles. The zero-order valence-corrected chi connectivity index (χ0v) is 11.5. The summed E-state index contributed by atoms with van der Waals surface area (Å²) in [6.07, 6.45) is 0.928. The van der Waals surface area contributed by atoms with Crippen molar-refractivity contribution in [3.05, 3.63) is 57.5 Å². The van der Waals surface area contributed by atoms with Crippen molar-refractivity contribution in [2.45, 2.75) is 25.9 Å². The van der Waals surface area contributed by atoms with Gasteiger partial charge in [0.15, 0.2) is 0 Å². The molecule has 0 amide bonds. The van der Waals surface area contributed by atoms with E-state index in [2.05, 4.69) is 23.7 Å². The van der Waals surface area contributed by atoms with E-state index in [4.69, 9.17) is 5.26 Å². The van der Waals surface area contributed by atoms with Crippen LogP contribution in [0.4, 0.5) is 4.39 Å². The van der Waals surface area contributed by atoms with Gasteiger partial charge in [0.1, 0.15) is 11.9 Å². The highest BCUT2D eigenvalue weighted by molar-refractivity contribution is 7.09. The molecule has 2 rings (SSSR count). The zero-order chi connectivity index (χ0) is 13.7. The van der Waals surface area contributed by atoms with Gasteiger partial charge in [-0.1, -0.05) is 18.2 Å². The van der Waals surface area contributed by atoms with Crippen LogP contribution >= 0.6 is 11.3 Å². The number of nitrogens with zero attached hydrogens (tertiary/aromatic N) is 1. The van der Waals surface area contributed by atoms with Crippen molar-refractivity contribution in [1.82, 2.24) is 5.32 Å². The maximum Gasteiger partial charge on any atom is 0.145 e. The van der Waals surface area contributed by atoms with Gasteiger partial charge in [0.2, 0.25) is 0 Å². The standard InChI is InChI=1S/C15H15FN2S/c1-11(8-14-6-3-7-19-14)18-10-13-5-2-4-12(9-17)15(13)16/h2-7,11,18H,8,10H2,1H3. The molecule has 1 aromatic heterocycles. The summed E-state index contributed by atoms with van der Waals surface area (Å²) in [5, 5.41) is 14.1. The molecule has 2 aromatic rings. The predicted molar refractivity (Wildman–Crippen MR) is 75.4 cm³/mol. The van der Waals surface area contributed by atoms with Crippen LogP contribution in [0.2, 0.25) is 0 Å². The molecule has 0 fully saturated rings. The van der Waals surface area contributed by atoms with E-state index >= 15 is 0 Å². The van der Waals surface area contributed by atoms with Gasteiger partial charge in [-0.3, -0.25) is 0 Å². The summed E-state index contributed by atoms with van der Waals surface area (Å²) in [6, 6.07) is 11.2. The van der Waals surface area contributed by atoms with Crippen LogP contribution in [-0.4, -0.2) is 6.04 Å². The second-order valence-corrected chi connectivity index (χ2v) is 5.49. The second kappa shape index (κ2) is 6.46. The van der Waals surface area contributed by atoms with Gasteiger partial charge in [-0.05, 0) is 30.9 Å². The minimum atomic E-state index is -0.416. The summed E-state index contributed by atoms with van der Waals surface area (Å²) in [5.41, 5.74) is 0.641. The molecule has 0 bridgehead atoms. The topological polar surface area (TPSA) is 35.8 Å². The molecular formula is C15H15FN2S. The van der Waals surface area contributed by atoms with Gasteiger partial charge in [-0.15, -0.1) is 11.3 Å². The van der Waals surface area contributed by atoms with E-state index in [1.807, 2.05) is 12.1 Å². The molecule has 1 atom stereocenters.